The number of H-pyrrole nitrogens is 2. The summed E-state index contributed by atoms with van der Waals surface area (Å²) in [5.74, 6) is 0. The molecule has 5 aromatic rings. The molecule has 0 radical (unpaired) electrons. The van der Waals surface area contributed by atoms with Gasteiger partial charge in [0.15, 0.2) is 5.43 Å². The first-order valence-electron chi connectivity index (χ1n) is 9.36. The second-order valence-electron chi connectivity index (χ2n) is 6.97. The van der Waals surface area contributed by atoms with Crippen LogP contribution in [0.3, 0.4) is 0 Å². The van der Waals surface area contributed by atoms with E-state index >= 15 is 0 Å². The van der Waals surface area contributed by atoms with Gasteiger partial charge in [-0.2, -0.15) is 5.10 Å². The van der Waals surface area contributed by atoms with Crippen LogP contribution in [-0.2, 0) is 0 Å². The Hall–Kier alpha value is -3.77. The van der Waals surface area contributed by atoms with Crippen molar-refractivity contribution in [1.82, 2.24) is 25.1 Å². The Labute approximate surface area is 176 Å². The zero-order valence-corrected chi connectivity index (χ0v) is 16.7. The molecule has 4 heterocycles. The quantitative estimate of drug-likeness (QED) is 0.407. The second-order valence-corrected chi connectivity index (χ2v) is 7.36. The summed E-state index contributed by atoms with van der Waals surface area (Å²) in [5.41, 5.74) is 5.70. The first kappa shape index (κ1) is 18.3. The normalized spacial score (nSPS) is 11.1. The van der Waals surface area contributed by atoms with Gasteiger partial charge >= 0.3 is 0 Å². The van der Waals surface area contributed by atoms with Crippen LogP contribution in [0.25, 0.3) is 44.7 Å². The van der Waals surface area contributed by atoms with Crippen molar-refractivity contribution in [2.75, 3.05) is 0 Å². The van der Waals surface area contributed by atoms with Crippen LogP contribution in [0.4, 0.5) is 0 Å². The van der Waals surface area contributed by atoms with E-state index in [2.05, 4.69) is 20.2 Å². The summed E-state index contributed by atoms with van der Waals surface area (Å²) < 4.78 is 0. The van der Waals surface area contributed by atoms with Crippen LogP contribution < -0.4 is 5.43 Å². The molecule has 0 spiro atoms. The lowest BCUT2D eigenvalue weighted by molar-refractivity contribution is 1.09. The molecule has 0 aliphatic heterocycles. The lowest BCUT2D eigenvalue weighted by atomic mass is 9.97. The lowest BCUT2D eigenvalue weighted by Gasteiger charge is -2.12. The molecule has 7 heteroatoms. The van der Waals surface area contributed by atoms with Crippen molar-refractivity contribution < 1.29 is 0 Å². The fourth-order valence-electron chi connectivity index (χ4n) is 3.57. The highest BCUT2D eigenvalue weighted by Gasteiger charge is 2.16. The van der Waals surface area contributed by atoms with Crippen molar-refractivity contribution in [3.63, 3.8) is 0 Å². The standard InChI is InChI=1S/C23H16ClN5O/c1-13-9-15(10-20(24)27-13)16-11-17-22(30)18(19-7-8-26-29-19)12-25-23(17)28-21(16)14-5-3-2-4-6-14/h2-12H,1H3,(H,26,29)(H,25,28,30). The molecule has 0 unspecified atom stereocenters. The zero-order valence-electron chi connectivity index (χ0n) is 16.0. The Morgan fingerprint density at radius 3 is 2.50 bits per heavy atom. The van der Waals surface area contributed by atoms with Crippen molar-refractivity contribution in [2.45, 2.75) is 6.92 Å². The molecule has 6 nitrogen and oxygen atoms in total. The molecule has 0 saturated heterocycles. The summed E-state index contributed by atoms with van der Waals surface area (Å²) in [6.07, 6.45) is 3.27. The number of aryl methyl sites for hydroxylation is 1. The highest BCUT2D eigenvalue weighted by atomic mass is 35.5. The second kappa shape index (κ2) is 7.24. The Kier molecular flexibility index (Phi) is 4.41. The molecule has 0 saturated carbocycles. The van der Waals surface area contributed by atoms with E-state index in [9.17, 15) is 4.79 Å². The van der Waals surface area contributed by atoms with Crippen LogP contribution in [0.2, 0.25) is 5.15 Å². The van der Waals surface area contributed by atoms with Gasteiger partial charge in [0, 0.05) is 29.2 Å². The SMILES string of the molecule is Cc1cc(-c2cc3c(=O)c(-c4ccn[nH]4)c[nH]c3nc2-c2ccccc2)cc(Cl)n1. The fraction of sp³-hybridized carbons (Fsp3) is 0.0435. The number of halogens is 1. The topological polar surface area (TPSA) is 87.3 Å². The first-order chi connectivity index (χ1) is 14.6. The third kappa shape index (κ3) is 3.17. The minimum absolute atomic E-state index is 0.127. The van der Waals surface area contributed by atoms with Gasteiger partial charge in [-0.25, -0.2) is 9.97 Å². The minimum Gasteiger partial charge on any atom is -0.345 e. The predicted molar refractivity (Wildman–Crippen MR) is 118 cm³/mol. The summed E-state index contributed by atoms with van der Waals surface area (Å²) in [7, 11) is 0. The van der Waals surface area contributed by atoms with Crippen molar-refractivity contribution in [2.24, 2.45) is 0 Å². The van der Waals surface area contributed by atoms with Crippen molar-refractivity contribution in [3.05, 3.63) is 88.1 Å². The monoisotopic (exact) mass is 413 g/mol. The maximum absolute atomic E-state index is 13.2. The van der Waals surface area contributed by atoms with Crippen LogP contribution >= 0.6 is 11.6 Å². The number of pyridine rings is 3. The summed E-state index contributed by atoms with van der Waals surface area (Å²) >= 11 is 6.23. The van der Waals surface area contributed by atoms with Gasteiger partial charge in [0.1, 0.15) is 10.8 Å². The Morgan fingerprint density at radius 2 is 1.77 bits per heavy atom. The molecule has 0 fully saturated rings. The third-order valence-electron chi connectivity index (χ3n) is 4.94. The molecule has 1 aromatic carbocycles. The highest BCUT2D eigenvalue weighted by Crippen LogP contribution is 2.33. The third-order valence-corrected chi connectivity index (χ3v) is 5.13. The fourth-order valence-corrected chi connectivity index (χ4v) is 3.82. The molecular weight excluding hydrogens is 398 g/mol. The average Bonchev–Trinajstić information content (AvgIpc) is 3.28. The Bertz CT molecular complexity index is 1410. The van der Waals surface area contributed by atoms with Gasteiger partial charge in [-0.3, -0.25) is 9.89 Å². The van der Waals surface area contributed by atoms with Crippen LogP contribution in [0.5, 0.6) is 0 Å². The average molecular weight is 414 g/mol. The van der Waals surface area contributed by atoms with E-state index in [0.717, 1.165) is 28.1 Å². The molecule has 2 N–H and O–H groups in total. The largest absolute Gasteiger partial charge is 0.345 e. The van der Waals surface area contributed by atoms with E-state index in [0.29, 0.717) is 27.4 Å². The van der Waals surface area contributed by atoms with Gasteiger partial charge in [-0.15, -0.1) is 0 Å². The highest BCUT2D eigenvalue weighted by molar-refractivity contribution is 6.29. The molecule has 0 amide bonds. The number of hydrogen-bond donors (Lipinski definition) is 2. The summed E-state index contributed by atoms with van der Waals surface area (Å²) in [5, 5.41) is 7.67. The number of nitrogens with one attached hydrogen (secondary N) is 2. The van der Waals surface area contributed by atoms with Crippen molar-refractivity contribution in [3.8, 4) is 33.6 Å². The van der Waals surface area contributed by atoms with Gasteiger partial charge in [0.05, 0.1) is 22.3 Å². The first-order valence-corrected chi connectivity index (χ1v) is 9.74. The van der Waals surface area contributed by atoms with Gasteiger partial charge in [0.2, 0.25) is 0 Å². The van der Waals surface area contributed by atoms with Gasteiger partial charge < -0.3 is 4.98 Å². The maximum Gasteiger partial charge on any atom is 0.200 e. The van der Waals surface area contributed by atoms with Crippen molar-refractivity contribution in [1.29, 1.82) is 0 Å². The molecule has 0 bridgehead atoms. The molecule has 30 heavy (non-hydrogen) atoms. The van der Waals surface area contributed by atoms with Gasteiger partial charge in [0.25, 0.3) is 0 Å². The van der Waals surface area contributed by atoms with E-state index in [1.54, 1.807) is 24.5 Å². The van der Waals surface area contributed by atoms with E-state index in [1.165, 1.54) is 0 Å². The molecule has 5 rings (SSSR count). The minimum atomic E-state index is -0.127. The Morgan fingerprint density at radius 1 is 0.933 bits per heavy atom. The van der Waals surface area contributed by atoms with Crippen molar-refractivity contribution >= 4 is 22.6 Å². The number of nitrogens with zero attached hydrogens (tertiary/aromatic N) is 3. The smallest absolute Gasteiger partial charge is 0.200 e. The molecule has 4 aromatic heterocycles. The number of aromatic nitrogens is 5. The maximum atomic E-state index is 13.2. The van der Waals surface area contributed by atoms with Crippen LogP contribution in [0.1, 0.15) is 5.69 Å². The van der Waals surface area contributed by atoms with E-state index in [4.69, 9.17) is 16.6 Å². The molecular formula is C23H16ClN5O. The number of fused-ring (bicyclic) bond motifs is 1. The zero-order chi connectivity index (χ0) is 20.7. The van der Waals surface area contributed by atoms with E-state index in [-0.39, 0.29) is 5.43 Å². The number of aromatic amines is 2. The number of rotatable bonds is 3. The molecule has 0 atom stereocenters. The van der Waals surface area contributed by atoms with Crippen LogP contribution in [0.15, 0.2) is 71.8 Å². The van der Waals surface area contributed by atoms with Gasteiger partial charge in [-0.05, 0) is 36.8 Å². The van der Waals surface area contributed by atoms with Gasteiger partial charge in [-0.1, -0.05) is 41.9 Å². The van der Waals surface area contributed by atoms with E-state index in [1.807, 2.05) is 49.4 Å². The number of hydrogen-bond acceptors (Lipinski definition) is 4. The summed E-state index contributed by atoms with van der Waals surface area (Å²) in [4.78, 5) is 25.5. The molecule has 0 aliphatic carbocycles. The molecule has 146 valence electrons. The summed E-state index contributed by atoms with van der Waals surface area (Å²) in [6, 6.07) is 17.2. The Balaban J connectivity index is 1.84. The molecule has 0 aliphatic rings. The predicted octanol–water partition coefficient (Wildman–Crippen LogP) is 5.00. The lowest BCUT2D eigenvalue weighted by Crippen LogP contribution is -2.08. The number of benzene rings is 1. The van der Waals surface area contributed by atoms with Crippen LogP contribution in [0, 0.1) is 6.92 Å². The van der Waals surface area contributed by atoms with Crippen LogP contribution in [-0.4, -0.2) is 25.1 Å². The summed E-state index contributed by atoms with van der Waals surface area (Å²) in [6.45, 7) is 1.88. The van der Waals surface area contributed by atoms with E-state index < -0.39 is 0 Å².